The Labute approximate surface area is 108 Å². The highest BCUT2D eigenvalue weighted by Crippen LogP contribution is 2.21. The molecular formula is C16H20N2. The van der Waals surface area contributed by atoms with Crippen LogP contribution in [-0.2, 0) is 0 Å². The summed E-state index contributed by atoms with van der Waals surface area (Å²) in [5.74, 6) is 0. The highest BCUT2D eigenvalue weighted by atomic mass is 14.9. The number of anilines is 1. The summed E-state index contributed by atoms with van der Waals surface area (Å²) in [6.45, 7) is 2.29. The first kappa shape index (κ1) is 11.5. The third-order valence-corrected chi connectivity index (χ3v) is 3.70. The van der Waals surface area contributed by atoms with E-state index >= 15 is 0 Å². The van der Waals surface area contributed by atoms with Crippen LogP contribution in [0.4, 0.5) is 5.69 Å². The molecule has 1 atom stereocenters. The van der Waals surface area contributed by atoms with E-state index in [9.17, 15) is 0 Å². The van der Waals surface area contributed by atoms with Crippen LogP contribution >= 0.6 is 0 Å². The van der Waals surface area contributed by atoms with Crippen molar-refractivity contribution in [2.75, 3.05) is 18.4 Å². The van der Waals surface area contributed by atoms with Crippen molar-refractivity contribution < 1.29 is 0 Å². The summed E-state index contributed by atoms with van der Waals surface area (Å²) < 4.78 is 0. The Bertz CT molecular complexity index is 513. The second kappa shape index (κ2) is 5.40. The standard InChI is InChI=1S/C16H20N2/c1-2-5-14-12-16(8-7-13(14)4-1)18-15-6-3-10-17-11-9-15/h1-2,4-5,7-8,12,15,17-18H,3,6,9-11H2. The van der Waals surface area contributed by atoms with Crippen LogP contribution in [0.3, 0.4) is 0 Å². The fourth-order valence-electron chi connectivity index (χ4n) is 2.68. The van der Waals surface area contributed by atoms with Crippen LogP contribution < -0.4 is 10.6 Å². The van der Waals surface area contributed by atoms with Gasteiger partial charge in [0.05, 0.1) is 0 Å². The molecule has 0 spiro atoms. The van der Waals surface area contributed by atoms with Gasteiger partial charge in [0.15, 0.2) is 0 Å². The minimum absolute atomic E-state index is 0.612. The van der Waals surface area contributed by atoms with Crippen LogP contribution in [0, 0.1) is 0 Å². The average Bonchev–Trinajstić information content (AvgIpc) is 2.67. The van der Waals surface area contributed by atoms with Gasteiger partial charge in [-0.2, -0.15) is 0 Å². The normalized spacial score (nSPS) is 20.6. The van der Waals surface area contributed by atoms with E-state index in [2.05, 4.69) is 53.1 Å². The van der Waals surface area contributed by atoms with Crippen LogP contribution in [0.2, 0.25) is 0 Å². The predicted octanol–water partition coefficient (Wildman–Crippen LogP) is 3.39. The van der Waals surface area contributed by atoms with E-state index < -0.39 is 0 Å². The second-order valence-electron chi connectivity index (χ2n) is 5.08. The molecule has 0 bridgehead atoms. The number of hydrogen-bond donors (Lipinski definition) is 2. The highest BCUT2D eigenvalue weighted by molar-refractivity contribution is 5.85. The Morgan fingerprint density at radius 1 is 0.944 bits per heavy atom. The van der Waals surface area contributed by atoms with Gasteiger partial charge in [-0.05, 0) is 55.3 Å². The van der Waals surface area contributed by atoms with Gasteiger partial charge in [0.25, 0.3) is 0 Å². The Balaban J connectivity index is 1.77. The number of benzene rings is 2. The Morgan fingerprint density at radius 3 is 2.78 bits per heavy atom. The fraction of sp³-hybridized carbons (Fsp3) is 0.375. The van der Waals surface area contributed by atoms with E-state index in [1.165, 1.54) is 35.7 Å². The summed E-state index contributed by atoms with van der Waals surface area (Å²) in [7, 11) is 0. The third kappa shape index (κ3) is 2.65. The third-order valence-electron chi connectivity index (χ3n) is 3.70. The Hall–Kier alpha value is -1.54. The van der Waals surface area contributed by atoms with Crippen LogP contribution in [0.15, 0.2) is 42.5 Å². The molecule has 2 aromatic carbocycles. The number of rotatable bonds is 2. The first-order valence-electron chi connectivity index (χ1n) is 6.88. The van der Waals surface area contributed by atoms with Crippen LogP contribution in [0.25, 0.3) is 10.8 Å². The van der Waals surface area contributed by atoms with E-state index in [0.29, 0.717) is 6.04 Å². The van der Waals surface area contributed by atoms with E-state index in [1.54, 1.807) is 0 Å². The summed E-state index contributed by atoms with van der Waals surface area (Å²) in [4.78, 5) is 0. The predicted molar refractivity (Wildman–Crippen MR) is 78.1 cm³/mol. The van der Waals surface area contributed by atoms with E-state index in [0.717, 1.165) is 13.1 Å². The molecule has 0 saturated carbocycles. The van der Waals surface area contributed by atoms with Crippen molar-refractivity contribution in [1.82, 2.24) is 5.32 Å². The first-order chi connectivity index (χ1) is 8.92. The Morgan fingerprint density at radius 2 is 1.83 bits per heavy atom. The quantitative estimate of drug-likeness (QED) is 0.840. The fourth-order valence-corrected chi connectivity index (χ4v) is 2.68. The zero-order valence-electron chi connectivity index (χ0n) is 10.7. The SMILES string of the molecule is c1ccc2cc(NC3CCCNCC3)ccc2c1. The monoisotopic (exact) mass is 240 g/mol. The zero-order valence-corrected chi connectivity index (χ0v) is 10.7. The zero-order chi connectivity index (χ0) is 12.2. The average molecular weight is 240 g/mol. The van der Waals surface area contributed by atoms with Crippen LogP contribution in [0.1, 0.15) is 19.3 Å². The van der Waals surface area contributed by atoms with E-state index in [4.69, 9.17) is 0 Å². The molecule has 1 aliphatic rings. The molecule has 1 fully saturated rings. The number of nitrogens with one attached hydrogen (secondary N) is 2. The summed E-state index contributed by atoms with van der Waals surface area (Å²) in [6.07, 6.45) is 3.75. The van der Waals surface area contributed by atoms with Crippen molar-refractivity contribution in [1.29, 1.82) is 0 Å². The molecule has 0 aliphatic carbocycles. The Kier molecular flexibility index (Phi) is 3.47. The minimum Gasteiger partial charge on any atom is -0.382 e. The number of hydrogen-bond acceptors (Lipinski definition) is 2. The van der Waals surface area contributed by atoms with Gasteiger partial charge in [-0.25, -0.2) is 0 Å². The van der Waals surface area contributed by atoms with E-state index in [-0.39, 0.29) is 0 Å². The number of fused-ring (bicyclic) bond motifs is 1. The summed E-state index contributed by atoms with van der Waals surface area (Å²) in [5, 5.41) is 9.75. The van der Waals surface area contributed by atoms with Crippen molar-refractivity contribution in [2.45, 2.75) is 25.3 Å². The van der Waals surface area contributed by atoms with Crippen molar-refractivity contribution in [2.24, 2.45) is 0 Å². The minimum atomic E-state index is 0.612. The molecule has 1 aliphatic heterocycles. The highest BCUT2D eigenvalue weighted by Gasteiger charge is 2.11. The molecule has 0 radical (unpaired) electrons. The molecule has 0 amide bonds. The molecule has 1 unspecified atom stereocenters. The van der Waals surface area contributed by atoms with Crippen molar-refractivity contribution in [3.63, 3.8) is 0 Å². The van der Waals surface area contributed by atoms with E-state index in [1.807, 2.05) is 0 Å². The molecule has 0 aromatic heterocycles. The lowest BCUT2D eigenvalue weighted by atomic mass is 10.1. The van der Waals surface area contributed by atoms with Gasteiger partial charge in [-0.1, -0.05) is 30.3 Å². The smallest absolute Gasteiger partial charge is 0.0348 e. The molecular weight excluding hydrogens is 220 g/mol. The second-order valence-corrected chi connectivity index (χ2v) is 5.08. The maximum Gasteiger partial charge on any atom is 0.0348 e. The topological polar surface area (TPSA) is 24.1 Å². The maximum atomic E-state index is 3.67. The van der Waals surface area contributed by atoms with Gasteiger partial charge in [-0.3, -0.25) is 0 Å². The van der Waals surface area contributed by atoms with Crippen molar-refractivity contribution in [3.8, 4) is 0 Å². The molecule has 1 saturated heterocycles. The van der Waals surface area contributed by atoms with Crippen molar-refractivity contribution >= 4 is 16.5 Å². The molecule has 1 heterocycles. The van der Waals surface area contributed by atoms with Gasteiger partial charge in [0.1, 0.15) is 0 Å². The van der Waals surface area contributed by atoms with Gasteiger partial charge >= 0.3 is 0 Å². The molecule has 2 aromatic rings. The lowest BCUT2D eigenvalue weighted by Crippen LogP contribution is -2.21. The van der Waals surface area contributed by atoms with Crippen molar-refractivity contribution in [3.05, 3.63) is 42.5 Å². The van der Waals surface area contributed by atoms with Gasteiger partial charge in [-0.15, -0.1) is 0 Å². The molecule has 2 heteroatoms. The van der Waals surface area contributed by atoms with Gasteiger partial charge in [0, 0.05) is 11.7 Å². The summed E-state index contributed by atoms with van der Waals surface area (Å²) in [5.41, 5.74) is 1.25. The lowest BCUT2D eigenvalue weighted by Gasteiger charge is -2.17. The van der Waals surface area contributed by atoms with Crippen LogP contribution in [0.5, 0.6) is 0 Å². The first-order valence-corrected chi connectivity index (χ1v) is 6.88. The molecule has 2 N–H and O–H groups in total. The maximum absolute atomic E-state index is 3.67. The summed E-state index contributed by atoms with van der Waals surface area (Å²) >= 11 is 0. The molecule has 3 rings (SSSR count). The lowest BCUT2D eigenvalue weighted by molar-refractivity contribution is 0.638. The largest absolute Gasteiger partial charge is 0.382 e. The molecule has 2 nitrogen and oxygen atoms in total. The van der Waals surface area contributed by atoms with Crippen LogP contribution in [-0.4, -0.2) is 19.1 Å². The van der Waals surface area contributed by atoms with Gasteiger partial charge in [0.2, 0.25) is 0 Å². The molecule has 18 heavy (non-hydrogen) atoms. The van der Waals surface area contributed by atoms with Gasteiger partial charge < -0.3 is 10.6 Å². The summed E-state index contributed by atoms with van der Waals surface area (Å²) in [6, 6.07) is 15.8. The molecule has 94 valence electrons.